The lowest BCUT2D eigenvalue weighted by Gasteiger charge is -2.04. The second-order valence-electron chi connectivity index (χ2n) is 3.38. The van der Waals surface area contributed by atoms with Gasteiger partial charge >= 0.3 is 0 Å². The number of nitrogens with one attached hydrogen (secondary N) is 1. The molecule has 0 aliphatic carbocycles. The molecule has 5 nitrogen and oxygen atoms in total. The van der Waals surface area contributed by atoms with E-state index in [9.17, 15) is 10.1 Å². The zero-order valence-corrected chi connectivity index (χ0v) is 8.79. The average molecular weight is 229 g/mol. The number of hydrogen-bond acceptors (Lipinski definition) is 3. The van der Waals surface area contributed by atoms with E-state index in [1.807, 2.05) is 0 Å². The predicted molar refractivity (Wildman–Crippen MR) is 62.4 cm³/mol. The number of nitrogens with zero attached hydrogens (tertiary/aromatic N) is 1. The number of rotatable bonds is 3. The van der Waals surface area contributed by atoms with Crippen molar-refractivity contribution in [3.05, 3.63) is 58.6 Å². The monoisotopic (exact) mass is 229 g/mol. The summed E-state index contributed by atoms with van der Waals surface area (Å²) in [5, 5.41) is 10.5. The Hall–Kier alpha value is -2.56. The van der Waals surface area contributed by atoms with Crippen molar-refractivity contribution < 1.29 is 9.66 Å². The molecule has 2 aromatic rings. The third kappa shape index (κ3) is 2.72. The molecular weight excluding hydrogens is 220 g/mol. The van der Waals surface area contributed by atoms with Gasteiger partial charge in [0, 0.05) is 12.1 Å². The summed E-state index contributed by atoms with van der Waals surface area (Å²) in [6.07, 6.45) is 0. The maximum absolute atomic E-state index is 10.5. The van der Waals surface area contributed by atoms with Crippen LogP contribution < -0.4 is 10.5 Å². The highest BCUT2D eigenvalue weighted by Crippen LogP contribution is 2.24. The Balaban J connectivity index is 2.13. The first-order chi connectivity index (χ1) is 8.15. The van der Waals surface area contributed by atoms with Crippen LogP contribution in [0, 0.1) is 10.1 Å². The van der Waals surface area contributed by atoms with Gasteiger partial charge in [-0.3, -0.25) is 10.1 Å². The van der Waals surface area contributed by atoms with Crippen LogP contribution in [0.25, 0.3) is 0 Å². The largest absolute Gasteiger partial charge is 0.457 e. The standard InChI is InChI=1S/C12H9N2O3/c13-9-1-5-11(6-2-9)17-12-7-3-10(4-8-12)14(15)16/h1-8,13H. The third-order valence-electron chi connectivity index (χ3n) is 2.14. The fourth-order valence-electron chi connectivity index (χ4n) is 1.29. The van der Waals surface area contributed by atoms with Gasteiger partial charge in [0.2, 0.25) is 0 Å². The van der Waals surface area contributed by atoms with Gasteiger partial charge < -0.3 is 10.5 Å². The SMILES string of the molecule is [NH]c1ccc(Oc2ccc([N+](=O)[O-])cc2)cc1. The molecule has 0 saturated heterocycles. The van der Waals surface area contributed by atoms with E-state index in [4.69, 9.17) is 10.5 Å². The fraction of sp³-hybridized carbons (Fsp3) is 0. The molecule has 0 atom stereocenters. The summed E-state index contributed by atoms with van der Waals surface area (Å²) in [7, 11) is 0. The Morgan fingerprint density at radius 3 is 1.88 bits per heavy atom. The molecule has 0 fully saturated rings. The normalized spacial score (nSPS) is 9.88. The minimum Gasteiger partial charge on any atom is -0.457 e. The van der Waals surface area contributed by atoms with Crippen molar-refractivity contribution >= 4 is 11.4 Å². The first-order valence-electron chi connectivity index (χ1n) is 4.89. The van der Waals surface area contributed by atoms with Gasteiger partial charge in [-0.2, -0.15) is 0 Å². The number of nitro benzene ring substituents is 1. The Kier molecular flexibility index (Phi) is 2.91. The van der Waals surface area contributed by atoms with Gasteiger partial charge in [0.1, 0.15) is 11.5 Å². The van der Waals surface area contributed by atoms with Crippen LogP contribution in [0.1, 0.15) is 0 Å². The van der Waals surface area contributed by atoms with Crippen molar-refractivity contribution in [1.29, 1.82) is 0 Å². The number of hydrogen-bond donors (Lipinski definition) is 0. The highest BCUT2D eigenvalue weighted by atomic mass is 16.6. The summed E-state index contributed by atoms with van der Waals surface area (Å²) in [6.45, 7) is 0. The molecule has 85 valence electrons. The maximum atomic E-state index is 10.5. The number of nitro groups is 1. The molecule has 0 spiro atoms. The van der Waals surface area contributed by atoms with E-state index in [2.05, 4.69) is 0 Å². The zero-order valence-electron chi connectivity index (χ0n) is 8.79. The second-order valence-corrected chi connectivity index (χ2v) is 3.38. The maximum Gasteiger partial charge on any atom is 0.269 e. The minimum absolute atomic E-state index is 0.0267. The van der Waals surface area contributed by atoms with E-state index < -0.39 is 4.92 Å². The van der Waals surface area contributed by atoms with Crippen molar-refractivity contribution in [2.24, 2.45) is 0 Å². The molecule has 0 bridgehead atoms. The molecule has 0 saturated carbocycles. The number of benzene rings is 2. The van der Waals surface area contributed by atoms with Crippen LogP contribution >= 0.6 is 0 Å². The van der Waals surface area contributed by atoms with Crippen molar-refractivity contribution in [1.82, 2.24) is 5.73 Å². The van der Waals surface area contributed by atoms with E-state index in [0.29, 0.717) is 17.2 Å². The summed E-state index contributed by atoms with van der Waals surface area (Å²) in [5.74, 6) is 1.11. The summed E-state index contributed by atoms with van der Waals surface area (Å²) in [6, 6.07) is 12.4. The Morgan fingerprint density at radius 2 is 1.41 bits per heavy atom. The molecule has 0 amide bonds. The smallest absolute Gasteiger partial charge is 0.269 e. The first-order valence-corrected chi connectivity index (χ1v) is 4.89. The number of ether oxygens (including phenoxy) is 1. The molecule has 5 heteroatoms. The summed E-state index contributed by atoms with van der Waals surface area (Å²) in [5.41, 5.74) is 7.75. The second kappa shape index (κ2) is 4.52. The highest BCUT2D eigenvalue weighted by Gasteiger charge is 2.04. The predicted octanol–water partition coefficient (Wildman–Crippen LogP) is 3.30. The molecule has 1 radical (unpaired) electrons. The summed E-state index contributed by atoms with van der Waals surface area (Å²) >= 11 is 0. The fourth-order valence-corrected chi connectivity index (χ4v) is 1.29. The zero-order chi connectivity index (χ0) is 12.3. The van der Waals surface area contributed by atoms with E-state index >= 15 is 0 Å². The number of non-ortho nitro benzene ring substituents is 1. The Morgan fingerprint density at radius 1 is 0.941 bits per heavy atom. The van der Waals surface area contributed by atoms with E-state index in [0.717, 1.165) is 0 Å². The van der Waals surface area contributed by atoms with Gasteiger partial charge in [-0.05, 0) is 36.4 Å². The third-order valence-corrected chi connectivity index (χ3v) is 2.14. The van der Waals surface area contributed by atoms with E-state index in [1.165, 1.54) is 24.3 Å². The van der Waals surface area contributed by atoms with Crippen LogP contribution in [-0.4, -0.2) is 4.92 Å². The lowest BCUT2D eigenvalue weighted by Crippen LogP contribution is -1.88. The van der Waals surface area contributed by atoms with Crippen LogP contribution in [0.15, 0.2) is 48.5 Å². The van der Waals surface area contributed by atoms with Gasteiger partial charge in [-0.15, -0.1) is 0 Å². The van der Waals surface area contributed by atoms with Gasteiger partial charge in [0.25, 0.3) is 5.69 Å². The van der Waals surface area contributed by atoms with Crippen LogP contribution in [0.4, 0.5) is 11.4 Å². The van der Waals surface area contributed by atoms with Gasteiger partial charge in [-0.25, -0.2) is 0 Å². The molecular formula is C12H9N2O3. The lowest BCUT2D eigenvalue weighted by molar-refractivity contribution is -0.384. The molecule has 0 aliphatic heterocycles. The Bertz CT molecular complexity index is 520. The van der Waals surface area contributed by atoms with Crippen LogP contribution in [0.2, 0.25) is 0 Å². The van der Waals surface area contributed by atoms with E-state index in [-0.39, 0.29) is 5.69 Å². The molecule has 2 aromatic carbocycles. The van der Waals surface area contributed by atoms with Gasteiger partial charge in [0.05, 0.1) is 10.6 Å². The van der Waals surface area contributed by atoms with Crippen molar-refractivity contribution in [2.75, 3.05) is 0 Å². The molecule has 1 N–H and O–H groups in total. The lowest BCUT2D eigenvalue weighted by atomic mass is 10.3. The van der Waals surface area contributed by atoms with Crippen LogP contribution in [-0.2, 0) is 0 Å². The van der Waals surface area contributed by atoms with Crippen molar-refractivity contribution in [2.45, 2.75) is 0 Å². The van der Waals surface area contributed by atoms with Gasteiger partial charge in [0.15, 0.2) is 0 Å². The molecule has 0 heterocycles. The highest BCUT2D eigenvalue weighted by molar-refractivity contribution is 5.42. The van der Waals surface area contributed by atoms with Crippen molar-refractivity contribution in [3.8, 4) is 11.5 Å². The topological polar surface area (TPSA) is 76.2 Å². The molecule has 0 unspecified atom stereocenters. The molecule has 0 aliphatic rings. The summed E-state index contributed by atoms with van der Waals surface area (Å²) < 4.78 is 5.46. The van der Waals surface area contributed by atoms with Crippen molar-refractivity contribution in [3.63, 3.8) is 0 Å². The first kappa shape index (κ1) is 10.9. The Labute approximate surface area is 97.6 Å². The molecule has 17 heavy (non-hydrogen) atoms. The van der Waals surface area contributed by atoms with Crippen LogP contribution in [0.5, 0.6) is 11.5 Å². The average Bonchev–Trinajstić information content (AvgIpc) is 2.33. The molecule has 2 rings (SSSR count). The van der Waals surface area contributed by atoms with Gasteiger partial charge in [-0.1, -0.05) is 0 Å². The minimum atomic E-state index is -0.460. The quantitative estimate of drug-likeness (QED) is 0.598. The van der Waals surface area contributed by atoms with E-state index in [1.54, 1.807) is 24.3 Å². The molecule has 0 aromatic heterocycles. The van der Waals surface area contributed by atoms with Crippen LogP contribution in [0.3, 0.4) is 0 Å². The summed E-state index contributed by atoms with van der Waals surface area (Å²) in [4.78, 5) is 9.99.